The summed E-state index contributed by atoms with van der Waals surface area (Å²) in [5.74, 6) is -0.438. The first-order valence-corrected chi connectivity index (χ1v) is 9.01. The first-order valence-electron chi connectivity index (χ1n) is 9.01. The van der Waals surface area contributed by atoms with Crippen LogP contribution in [0.4, 0.5) is 0 Å². The quantitative estimate of drug-likeness (QED) is 0.698. The van der Waals surface area contributed by atoms with E-state index in [9.17, 15) is 14.7 Å². The van der Waals surface area contributed by atoms with E-state index in [0.717, 1.165) is 24.0 Å². The lowest BCUT2D eigenvalue weighted by Crippen LogP contribution is -2.39. The van der Waals surface area contributed by atoms with E-state index >= 15 is 0 Å². The highest BCUT2D eigenvalue weighted by atomic mass is 16.5. The van der Waals surface area contributed by atoms with Crippen molar-refractivity contribution in [1.29, 1.82) is 0 Å². The lowest BCUT2D eigenvalue weighted by Gasteiger charge is -2.32. The molecule has 0 spiro atoms. The van der Waals surface area contributed by atoms with E-state index in [1.807, 2.05) is 24.3 Å². The molecular formula is C19H19N5O4. The Kier molecular flexibility index (Phi) is 4.98. The Labute approximate surface area is 160 Å². The van der Waals surface area contributed by atoms with E-state index in [1.165, 1.54) is 12.4 Å². The van der Waals surface area contributed by atoms with Gasteiger partial charge in [-0.2, -0.15) is 0 Å². The predicted octanol–water partition coefficient (Wildman–Crippen LogP) is 1.33. The van der Waals surface area contributed by atoms with Gasteiger partial charge in [0.2, 0.25) is 5.82 Å². The molecule has 0 radical (unpaired) electrons. The number of H-pyrrole nitrogens is 1. The van der Waals surface area contributed by atoms with Gasteiger partial charge in [-0.3, -0.25) is 14.3 Å². The number of nitrogens with one attached hydrogen (secondary N) is 1. The summed E-state index contributed by atoms with van der Waals surface area (Å²) < 4.78 is 4.44. The molecule has 0 bridgehead atoms. The summed E-state index contributed by atoms with van der Waals surface area (Å²) in [6, 6.07) is 7.85. The zero-order chi connectivity index (χ0) is 19.5. The van der Waals surface area contributed by atoms with Gasteiger partial charge in [-0.15, -0.1) is 0 Å². The van der Waals surface area contributed by atoms with Crippen molar-refractivity contribution in [2.75, 3.05) is 13.1 Å². The highest BCUT2D eigenvalue weighted by molar-refractivity contribution is 5.92. The number of hydrogen-bond acceptors (Lipinski definition) is 7. The average Bonchev–Trinajstić information content (AvgIpc) is 3.20. The Balaban J connectivity index is 1.47. The number of carbonyl (C=O) groups excluding carboxylic acids is 1. The molecule has 3 aromatic rings. The lowest BCUT2D eigenvalue weighted by molar-refractivity contribution is 0.0700. The summed E-state index contributed by atoms with van der Waals surface area (Å²) in [5, 5.41) is 12.7. The SMILES string of the molecule is O=C(c1cnc(-c2noc(=O)[nH]2)cn1)N1CCCC(c2ccc(CO)cc2)C1. The third-order valence-electron chi connectivity index (χ3n) is 4.90. The lowest BCUT2D eigenvalue weighted by atomic mass is 9.90. The number of aliphatic hydroxyl groups is 1. The van der Waals surface area contributed by atoms with E-state index in [4.69, 9.17) is 0 Å². The first kappa shape index (κ1) is 18.1. The van der Waals surface area contributed by atoms with Gasteiger partial charge in [0.15, 0.2) is 0 Å². The number of carbonyl (C=O) groups is 1. The molecule has 144 valence electrons. The fourth-order valence-electron chi connectivity index (χ4n) is 3.39. The van der Waals surface area contributed by atoms with Gasteiger partial charge in [0.05, 0.1) is 19.0 Å². The largest absolute Gasteiger partial charge is 0.439 e. The number of rotatable bonds is 4. The van der Waals surface area contributed by atoms with Crippen molar-refractivity contribution in [3.05, 3.63) is 64.0 Å². The highest BCUT2D eigenvalue weighted by Gasteiger charge is 2.26. The number of aliphatic hydroxyl groups excluding tert-OH is 1. The Hall–Kier alpha value is -3.33. The molecule has 1 saturated heterocycles. The zero-order valence-corrected chi connectivity index (χ0v) is 15.0. The van der Waals surface area contributed by atoms with E-state index in [0.29, 0.717) is 18.8 Å². The fourth-order valence-corrected chi connectivity index (χ4v) is 3.39. The van der Waals surface area contributed by atoms with Gasteiger partial charge in [0, 0.05) is 19.0 Å². The number of nitrogens with zero attached hydrogens (tertiary/aromatic N) is 4. The van der Waals surface area contributed by atoms with Crippen LogP contribution in [0.25, 0.3) is 11.5 Å². The van der Waals surface area contributed by atoms with Gasteiger partial charge < -0.3 is 10.0 Å². The second kappa shape index (κ2) is 7.73. The van der Waals surface area contributed by atoms with Crippen LogP contribution >= 0.6 is 0 Å². The molecule has 1 aliphatic rings. The molecule has 0 aliphatic carbocycles. The van der Waals surface area contributed by atoms with Crippen molar-refractivity contribution < 1.29 is 14.4 Å². The third kappa shape index (κ3) is 3.70. The summed E-state index contributed by atoms with van der Waals surface area (Å²) >= 11 is 0. The van der Waals surface area contributed by atoms with Crippen LogP contribution in [0.5, 0.6) is 0 Å². The van der Waals surface area contributed by atoms with Crippen LogP contribution in [0, 0.1) is 0 Å². The van der Waals surface area contributed by atoms with Crippen LogP contribution in [-0.2, 0) is 6.61 Å². The molecule has 1 aliphatic heterocycles. The van der Waals surface area contributed by atoms with Crippen LogP contribution in [0.15, 0.2) is 46.0 Å². The van der Waals surface area contributed by atoms with Crippen molar-refractivity contribution in [3.63, 3.8) is 0 Å². The van der Waals surface area contributed by atoms with E-state index in [1.54, 1.807) is 4.90 Å². The summed E-state index contributed by atoms with van der Waals surface area (Å²) in [4.78, 5) is 36.4. The number of hydrogen-bond donors (Lipinski definition) is 2. The molecule has 4 rings (SSSR count). The topological polar surface area (TPSA) is 125 Å². The molecule has 0 saturated carbocycles. The van der Waals surface area contributed by atoms with Crippen molar-refractivity contribution in [2.24, 2.45) is 0 Å². The Morgan fingerprint density at radius 1 is 1.25 bits per heavy atom. The monoisotopic (exact) mass is 381 g/mol. The summed E-state index contributed by atoms with van der Waals surface area (Å²) in [6.45, 7) is 1.30. The highest BCUT2D eigenvalue weighted by Crippen LogP contribution is 2.28. The van der Waals surface area contributed by atoms with Crippen LogP contribution in [0.1, 0.15) is 40.4 Å². The van der Waals surface area contributed by atoms with Crippen molar-refractivity contribution >= 4 is 5.91 Å². The van der Waals surface area contributed by atoms with E-state index in [2.05, 4.69) is 24.6 Å². The molecule has 3 heterocycles. The molecule has 28 heavy (non-hydrogen) atoms. The average molecular weight is 381 g/mol. The molecule has 2 N–H and O–H groups in total. The molecule has 1 atom stereocenters. The van der Waals surface area contributed by atoms with Gasteiger partial charge in [0.25, 0.3) is 5.91 Å². The third-order valence-corrected chi connectivity index (χ3v) is 4.90. The maximum Gasteiger partial charge on any atom is 0.439 e. The minimum Gasteiger partial charge on any atom is -0.392 e. The number of aromatic amines is 1. The van der Waals surface area contributed by atoms with E-state index < -0.39 is 5.76 Å². The van der Waals surface area contributed by atoms with Crippen molar-refractivity contribution in [1.82, 2.24) is 25.0 Å². The maximum absolute atomic E-state index is 12.8. The maximum atomic E-state index is 12.8. The number of amides is 1. The van der Waals surface area contributed by atoms with Crippen LogP contribution in [0.3, 0.4) is 0 Å². The van der Waals surface area contributed by atoms with Crippen LogP contribution in [-0.4, -0.2) is 49.1 Å². The Morgan fingerprint density at radius 3 is 2.71 bits per heavy atom. The molecular weight excluding hydrogens is 362 g/mol. The number of likely N-dealkylation sites (tertiary alicyclic amines) is 1. The first-order chi connectivity index (χ1) is 13.6. The number of aromatic nitrogens is 4. The fraction of sp³-hybridized carbons (Fsp3) is 0.316. The normalized spacial score (nSPS) is 16.9. The summed E-state index contributed by atoms with van der Waals surface area (Å²) in [7, 11) is 0. The molecule has 9 nitrogen and oxygen atoms in total. The molecule has 1 fully saturated rings. The van der Waals surface area contributed by atoms with Gasteiger partial charge in [-0.25, -0.2) is 14.8 Å². The molecule has 9 heteroatoms. The zero-order valence-electron chi connectivity index (χ0n) is 15.0. The van der Waals surface area contributed by atoms with E-state index in [-0.39, 0.29) is 30.0 Å². The second-order valence-electron chi connectivity index (χ2n) is 6.72. The Bertz CT molecular complexity index is 1010. The van der Waals surface area contributed by atoms with Gasteiger partial charge in [-0.05, 0) is 24.0 Å². The molecule has 1 aromatic carbocycles. The second-order valence-corrected chi connectivity index (χ2v) is 6.72. The van der Waals surface area contributed by atoms with Crippen LogP contribution in [0.2, 0.25) is 0 Å². The molecule has 2 aromatic heterocycles. The molecule has 1 unspecified atom stereocenters. The molecule has 1 amide bonds. The van der Waals surface area contributed by atoms with Gasteiger partial charge in [-0.1, -0.05) is 29.4 Å². The Morgan fingerprint density at radius 2 is 2.07 bits per heavy atom. The predicted molar refractivity (Wildman–Crippen MR) is 98.4 cm³/mol. The summed E-state index contributed by atoms with van der Waals surface area (Å²) in [6.07, 6.45) is 4.68. The number of piperidine rings is 1. The van der Waals surface area contributed by atoms with Gasteiger partial charge >= 0.3 is 5.76 Å². The summed E-state index contributed by atoms with van der Waals surface area (Å²) in [5.41, 5.74) is 2.59. The number of benzene rings is 1. The van der Waals surface area contributed by atoms with Crippen LogP contribution < -0.4 is 5.76 Å². The van der Waals surface area contributed by atoms with Crippen molar-refractivity contribution in [2.45, 2.75) is 25.4 Å². The smallest absolute Gasteiger partial charge is 0.392 e. The standard InChI is InChI=1S/C19H19N5O4/c25-11-12-3-5-13(6-4-12)14-2-1-7-24(10-14)18(26)16-9-20-15(8-21-16)17-22-19(27)28-23-17/h3-6,8-9,14,25H,1-2,7,10-11H2,(H,22,23,27). The minimum atomic E-state index is -0.677. The minimum absolute atomic E-state index is 0.0203. The van der Waals surface area contributed by atoms with Gasteiger partial charge in [0.1, 0.15) is 11.4 Å². The van der Waals surface area contributed by atoms with Crippen molar-refractivity contribution in [3.8, 4) is 11.5 Å².